The minimum Gasteiger partial charge on any atom is -0.258 e. The number of halogens is 1. The summed E-state index contributed by atoms with van der Waals surface area (Å²) in [5, 5.41) is 11.4. The van der Waals surface area contributed by atoms with Crippen LogP contribution in [0.3, 0.4) is 0 Å². The third-order valence-corrected chi connectivity index (χ3v) is 2.63. The lowest BCUT2D eigenvalue weighted by Crippen LogP contribution is -1.91. The Morgan fingerprint density at radius 3 is 2.79 bits per heavy atom. The van der Waals surface area contributed by atoms with E-state index in [1.54, 1.807) is 18.2 Å². The third-order valence-electron chi connectivity index (χ3n) is 1.75. The molecule has 0 fully saturated rings. The lowest BCUT2D eigenvalue weighted by atomic mass is 10.1. The van der Waals surface area contributed by atoms with Crippen LogP contribution in [0.2, 0.25) is 0 Å². The van der Waals surface area contributed by atoms with Crippen LogP contribution in [0.5, 0.6) is 0 Å². The van der Waals surface area contributed by atoms with Gasteiger partial charge in [0, 0.05) is 11.4 Å². The van der Waals surface area contributed by atoms with Gasteiger partial charge in [0.25, 0.3) is 5.69 Å². The van der Waals surface area contributed by atoms with Crippen LogP contribution in [0.4, 0.5) is 5.69 Å². The molecule has 0 aliphatic carbocycles. The summed E-state index contributed by atoms with van der Waals surface area (Å²) in [6.07, 6.45) is 1.81. The topological polar surface area (TPSA) is 43.1 Å². The molecule has 14 heavy (non-hydrogen) atoms. The van der Waals surface area contributed by atoms with Gasteiger partial charge in [-0.15, -0.1) is 0 Å². The molecule has 4 heteroatoms. The van der Waals surface area contributed by atoms with Crippen LogP contribution in [0.15, 0.2) is 29.8 Å². The Morgan fingerprint density at radius 2 is 2.21 bits per heavy atom. The van der Waals surface area contributed by atoms with E-state index in [4.69, 9.17) is 0 Å². The van der Waals surface area contributed by atoms with Gasteiger partial charge in [-0.2, -0.15) is 0 Å². The number of nitro benzene ring substituents is 1. The summed E-state index contributed by atoms with van der Waals surface area (Å²) in [5.74, 6) is 0. The Labute approximate surface area is 90.7 Å². The predicted molar refractivity (Wildman–Crippen MR) is 60.5 cm³/mol. The van der Waals surface area contributed by atoms with Gasteiger partial charge in [0.2, 0.25) is 0 Å². The molecule has 1 aromatic carbocycles. The van der Waals surface area contributed by atoms with Crippen LogP contribution in [-0.2, 0) is 0 Å². The minimum atomic E-state index is -0.368. The minimum absolute atomic E-state index is 0.146. The largest absolute Gasteiger partial charge is 0.276 e. The summed E-state index contributed by atoms with van der Waals surface area (Å²) in [6.45, 7) is 1.92. The monoisotopic (exact) mass is 255 g/mol. The number of hydrogen-bond acceptors (Lipinski definition) is 2. The molecule has 74 valence electrons. The van der Waals surface area contributed by atoms with Crippen LogP contribution in [0.25, 0.3) is 6.08 Å². The van der Waals surface area contributed by atoms with Crippen LogP contribution in [-0.4, -0.2) is 10.3 Å². The van der Waals surface area contributed by atoms with Gasteiger partial charge in [-0.1, -0.05) is 33.6 Å². The number of hydrogen-bond donors (Lipinski definition) is 0. The molecule has 0 saturated carbocycles. The Kier molecular flexibility index (Phi) is 3.83. The first kappa shape index (κ1) is 10.9. The maximum atomic E-state index is 10.7. The standard InChI is InChI=1S/C10H10BrNO2/c1-8(7-11)6-9-4-2-3-5-10(9)12(13)14/h2-6H,7H2,1H3/b8-6-. The molecule has 0 saturated heterocycles. The summed E-state index contributed by atoms with van der Waals surface area (Å²) >= 11 is 3.30. The van der Waals surface area contributed by atoms with E-state index in [1.807, 2.05) is 13.0 Å². The van der Waals surface area contributed by atoms with E-state index in [-0.39, 0.29) is 10.6 Å². The SMILES string of the molecule is C/C(=C/c1ccccc1[N+](=O)[O-])CBr. The van der Waals surface area contributed by atoms with Gasteiger partial charge in [0.1, 0.15) is 0 Å². The average Bonchev–Trinajstić information content (AvgIpc) is 2.18. The lowest BCUT2D eigenvalue weighted by Gasteiger charge is -1.98. The molecular formula is C10H10BrNO2. The van der Waals surface area contributed by atoms with Crippen molar-refractivity contribution in [3.63, 3.8) is 0 Å². The summed E-state index contributed by atoms with van der Waals surface area (Å²) in [6, 6.07) is 6.71. The number of para-hydroxylation sites is 1. The lowest BCUT2D eigenvalue weighted by molar-refractivity contribution is -0.385. The highest BCUT2D eigenvalue weighted by atomic mass is 79.9. The van der Waals surface area contributed by atoms with E-state index in [1.165, 1.54) is 6.07 Å². The van der Waals surface area contributed by atoms with Crippen LogP contribution < -0.4 is 0 Å². The van der Waals surface area contributed by atoms with E-state index in [0.29, 0.717) is 5.56 Å². The number of nitrogens with zero attached hydrogens (tertiary/aromatic N) is 1. The summed E-state index contributed by atoms with van der Waals surface area (Å²) < 4.78 is 0. The molecule has 0 N–H and O–H groups in total. The van der Waals surface area contributed by atoms with Crippen molar-refractivity contribution in [2.45, 2.75) is 6.92 Å². The van der Waals surface area contributed by atoms with Gasteiger partial charge in [0.15, 0.2) is 0 Å². The number of benzene rings is 1. The smallest absolute Gasteiger partial charge is 0.258 e. The zero-order chi connectivity index (χ0) is 10.6. The quantitative estimate of drug-likeness (QED) is 0.472. The van der Waals surface area contributed by atoms with E-state index in [0.717, 1.165) is 10.9 Å². The summed E-state index contributed by atoms with van der Waals surface area (Å²) in [4.78, 5) is 10.3. The van der Waals surface area contributed by atoms with Crippen molar-refractivity contribution in [3.05, 3.63) is 45.5 Å². The van der Waals surface area contributed by atoms with Crippen molar-refractivity contribution in [2.75, 3.05) is 5.33 Å². The fourth-order valence-electron chi connectivity index (χ4n) is 1.08. The molecule has 0 atom stereocenters. The normalized spacial score (nSPS) is 11.4. The van der Waals surface area contributed by atoms with Crippen molar-refractivity contribution in [3.8, 4) is 0 Å². The van der Waals surface area contributed by atoms with Crippen molar-refractivity contribution < 1.29 is 4.92 Å². The van der Waals surface area contributed by atoms with Crippen LogP contribution >= 0.6 is 15.9 Å². The summed E-state index contributed by atoms with van der Waals surface area (Å²) in [5.41, 5.74) is 1.85. The number of nitro groups is 1. The second-order valence-electron chi connectivity index (χ2n) is 2.94. The highest BCUT2D eigenvalue weighted by Crippen LogP contribution is 2.20. The van der Waals surface area contributed by atoms with E-state index in [2.05, 4.69) is 15.9 Å². The maximum Gasteiger partial charge on any atom is 0.276 e. The first-order valence-corrected chi connectivity index (χ1v) is 5.24. The molecule has 0 aromatic heterocycles. The van der Waals surface area contributed by atoms with Gasteiger partial charge >= 0.3 is 0 Å². The molecule has 0 aliphatic heterocycles. The molecule has 0 amide bonds. The fourth-order valence-corrected chi connectivity index (χ4v) is 1.24. The van der Waals surface area contributed by atoms with E-state index in [9.17, 15) is 10.1 Å². The number of rotatable bonds is 3. The molecule has 0 unspecified atom stereocenters. The van der Waals surface area contributed by atoms with Crippen molar-refractivity contribution in [1.29, 1.82) is 0 Å². The highest BCUT2D eigenvalue weighted by molar-refractivity contribution is 9.09. The second kappa shape index (κ2) is 4.91. The van der Waals surface area contributed by atoms with Crippen LogP contribution in [0.1, 0.15) is 12.5 Å². The molecule has 0 spiro atoms. The molecule has 1 aromatic rings. The fraction of sp³-hybridized carbons (Fsp3) is 0.200. The Morgan fingerprint density at radius 1 is 1.57 bits per heavy atom. The van der Waals surface area contributed by atoms with Gasteiger partial charge in [-0.05, 0) is 19.1 Å². The molecule has 0 radical (unpaired) electrons. The molecule has 1 rings (SSSR count). The first-order valence-electron chi connectivity index (χ1n) is 4.11. The Balaban J connectivity index is 3.14. The first-order chi connectivity index (χ1) is 6.65. The molecule has 3 nitrogen and oxygen atoms in total. The maximum absolute atomic E-state index is 10.7. The van der Waals surface area contributed by atoms with Crippen molar-refractivity contribution in [1.82, 2.24) is 0 Å². The molecular weight excluding hydrogens is 246 g/mol. The van der Waals surface area contributed by atoms with Gasteiger partial charge in [-0.3, -0.25) is 10.1 Å². The Bertz CT molecular complexity index is 374. The zero-order valence-electron chi connectivity index (χ0n) is 7.74. The van der Waals surface area contributed by atoms with Gasteiger partial charge < -0.3 is 0 Å². The van der Waals surface area contributed by atoms with Gasteiger partial charge in [0.05, 0.1) is 10.5 Å². The second-order valence-corrected chi connectivity index (χ2v) is 3.50. The van der Waals surface area contributed by atoms with Crippen molar-refractivity contribution in [2.24, 2.45) is 0 Å². The number of alkyl halides is 1. The predicted octanol–water partition coefficient (Wildman–Crippen LogP) is 3.39. The third kappa shape index (κ3) is 2.67. The highest BCUT2D eigenvalue weighted by Gasteiger charge is 2.09. The van der Waals surface area contributed by atoms with Crippen molar-refractivity contribution >= 4 is 27.7 Å². The Hall–Kier alpha value is -1.16. The molecule has 0 aliphatic rings. The van der Waals surface area contributed by atoms with Crippen LogP contribution in [0, 0.1) is 10.1 Å². The van der Waals surface area contributed by atoms with Gasteiger partial charge in [-0.25, -0.2) is 0 Å². The zero-order valence-corrected chi connectivity index (χ0v) is 9.32. The van der Waals surface area contributed by atoms with E-state index >= 15 is 0 Å². The summed E-state index contributed by atoms with van der Waals surface area (Å²) in [7, 11) is 0. The van der Waals surface area contributed by atoms with E-state index < -0.39 is 0 Å². The number of allylic oxidation sites excluding steroid dienone is 1. The average molecular weight is 256 g/mol. The molecule has 0 heterocycles. The molecule has 0 bridgehead atoms.